The molecule has 1 aromatic carbocycles. The lowest BCUT2D eigenvalue weighted by atomic mass is 10.3. The predicted octanol–water partition coefficient (Wildman–Crippen LogP) is 2.66. The Bertz CT molecular complexity index is 512. The predicted molar refractivity (Wildman–Crippen MR) is 64.8 cm³/mol. The number of aromatic nitrogens is 1. The van der Waals surface area contributed by atoms with Gasteiger partial charge in [0.05, 0.1) is 23.4 Å². The summed E-state index contributed by atoms with van der Waals surface area (Å²) in [6, 6.07) is 1.78. The van der Waals surface area contributed by atoms with Gasteiger partial charge in [0, 0.05) is 6.07 Å². The van der Waals surface area contributed by atoms with E-state index in [1.54, 1.807) is 20.3 Å². The maximum atomic E-state index is 5.66. The van der Waals surface area contributed by atoms with Gasteiger partial charge in [-0.25, -0.2) is 4.98 Å². The smallest absolute Gasteiger partial charge is 0.181 e. The lowest BCUT2D eigenvalue weighted by molar-refractivity contribution is 0.396. The van der Waals surface area contributed by atoms with Gasteiger partial charge in [0.25, 0.3) is 0 Å². The summed E-state index contributed by atoms with van der Waals surface area (Å²) in [7, 11) is 3.20. The maximum absolute atomic E-state index is 5.66. The van der Waals surface area contributed by atoms with Crippen molar-refractivity contribution in [3.05, 3.63) is 10.5 Å². The highest BCUT2D eigenvalue weighted by Gasteiger charge is 2.15. The van der Waals surface area contributed by atoms with Crippen molar-refractivity contribution >= 4 is 42.6 Å². The van der Waals surface area contributed by atoms with E-state index in [2.05, 4.69) is 20.9 Å². The summed E-state index contributed by atoms with van der Waals surface area (Å²) in [4.78, 5) is 4.21. The SMILES string of the molecule is COc1cc(OC)c2nc(N)sc2c1Br. The average Bonchev–Trinajstić information content (AvgIpc) is 2.61. The molecule has 0 aliphatic carbocycles. The Hall–Kier alpha value is -1.01. The van der Waals surface area contributed by atoms with Gasteiger partial charge in [-0.2, -0.15) is 0 Å². The topological polar surface area (TPSA) is 57.4 Å². The van der Waals surface area contributed by atoms with Crippen molar-refractivity contribution in [2.75, 3.05) is 20.0 Å². The summed E-state index contributed by atoms with van der Waals surface area (Å²) < 4.78 is 12.2. The van der Waals surface area contributed by atoms with Gasteiger partial charge < -0.3 is 15.2 Å². The van der Waals surface area contributed by atoms with Crippen LogP contribution in [0, 0.1) is 0 Å². The Balaban J connectivity index is 2.83. The molecule has 2 N–H and O–H groups in total. The highest BCUT2D eigenvalue weighted by atomic mass is 79.9. The monoisotopic (exact) mass is 288 g/mol. The lowest BCUT2D eigenvalue weighted by Crippen LogP contribution is -1.89. The minimum atomic E-state index is 0.511. The number of hydrogen-bond donors (Lipinski definition) is 1. The zero-order chi connectivity index (χ0) is 11.0. The lowest BCUT2D eigenvalue weighted by Gasteiger charge is -2.07. The largest absolute Gasteiger partial charge is 0.495 e. The number of thiazole rings is 1. The van der Waals surface area contributed by atoms with Crippen molar-refractivity contribution in [1.29, 1.82) is 0 Å². The number of nitrogens with zero attached hydrogens (tertiary/aromatic N) is 1. The quantitative estimate of drug-likeness (QED) is 0.923. The van der Waals surface area contributed by atoms with E-state index >= 15 is 0 Å². The second-order valence-corrected chi connectivity index (χ2v) is 4.65. The first-order valence-electron chi connectivity index (χ1n) is 4.14. The van der Waals surface area contributed by atoms with Gasteiger partial charge >= 0.3 is 0 Å². The van der Waals surface area contributed by atoms with E-state index in [0.29, 0.717) is 16.6 Å². The average molecular weight is 289 g/mol. The standard InChI is InChI=1S/C9H9BrN2O2S/c1-13-4-3-5(14-2)7-8(6(4)10)15-9(11)12-7/h3H,1-2H3,(H2,11,12). The molecule has 2 aromatic rings. The third-order valence-electron chi connectivity index (χ3n) is 1.99. The molecule has 0 saturated heterocycles. The van der Waals surface area contributed by atoms with Crippen LogP contribution >= 0.6 is 27.3 Å². The molecule has 0 bridgehead atoms. The number of halogens is 1. The molecule has 0 amide bonds. The Morgan fingerprint density at radius 2 is 2.00 bits per heavy atom. The van der Waals surface area contributed by atoms with Crippen LogP contribution in [0.5, 0.6) is 11.5 Å². The van der Waals surface area contributed by atoms with Crippen LogP contribution in [0.4, 0.5) is 5.13 Å². The number of ether oxygens (including phenoxy) is 2. The molecular weight excluding hydrogens is 280 g/mol. The van der Waals surface area contributed by atoms with Crippen LogP contribution in [0.2, 0.25) is 0 Å². The molecule has 15 heavy (non-hydrogen) atoms. The van der Waals surface area contributed by atoms with Crippen LogP contribution in [0.25, 0.3) is 10.2 Å². The fourth-order valence-corrected chi connectivity index (χ4v) is 2.81. The fraction of sp³-hybridized carbons (Fsp3) is 0.222. The van der Waals surface area contributed by atoms with Gasteiger partial charge in [-0.15, -0.1) is 0 Å². The molecule has 0 radical (unpaired) electrons. The highest BCUT2D eigenvalue weighted by molar-refractivity contribution is 9.10. The summed E-state index contributed by atoms with van der Waals surface area (Å²) in [5.41, 5.74) is 6.42. The maximum Gasteiger partial charge on any atom is 0.181 e. The third kappa shape index (κ3) is 1.63. The number of anilines is 1. The zero-order valence-corrected chi connectivity index (χ0v) is 10.6. The fourth-order valence-electron chi connectivity index (χ4n) is 1.32. The van der Waals surface area contributed by atoms with Crippen molar-refractivity contribution in [2.24, 2.45) is 0 Å². The van der Waals surface area contributed by atoms with Crippen LogP contribution < -0.4 is 15.2 Å². The molecule has 0 atom stereocenters. The Morgan fingerprint density at radius 1 is 1.33 bits per heavy atom. The summed E-state index contributed by atoms with van der Waals surface area (Å²) in [6.07, 6.45) is 0. The first kappa shape index (κ1) is 10.5. The third-order valence-corrected chi connectivity index (χ3v) is 3.95. The molecule has 0 saturated carbocycles. The van der Waals surface area contributed by atoms with E-state index < -0.39 is 0 Å². The molecule has 80 valence electrons. The molecule has 0 unspecified atom stereocenters. The number of nitrogens with two attached hydrogens (primary N) is 1. The van der Waals surface area contributed by atoms with E-state index in [1.165, 1.54) is 11.3 Å². The normalized spacial score (nSPS) is 10.6. The van der Waals surface area contributed by atoms with E-state index in [-0.39, 0.29) is 0 Å². The Kier molecular flexibility index (Phi) is 2.70. The van der Waals surface area contributed by atoms with Crippen molar-refractivity contribution < 1.29 is 9.47 Å². The zero-order valence-electron chi connectivity index (χ0n) is 8.20. The summed E-state index contributed by atoms with van der Waals surface area (Å²) in [6.45, 7) is 0. The molecule has 0 fully saturated rings. The van der Waals surface area contributed by atoms with Crippen LogP contribution in [0.1, 0.15) is 0 Å². The van der Waals surface area contributed by atoms with E-state index in [0.717, 1.165) is 14.7 Å². The second-order valence-electron chi connectivity index (χ2n) is 2.82. The van der Waals surface area contributed by atoms with Crippen molar-refractivity contribution in [3.63, 3.8) is 0 Å². The van der Waals surface area contributed by atoms with Gasteiger partial charge in [-0.05, 0) is 15.9 Å². The molecule has 1 heterocycles. The number of hydrogen-bond acceptors (Lipinski definition) is 5. The minimum absolute atomic E-state index is 0.511. The Morgan fingerprint density at radius 3 is 2.60 bits per heavy atom. The van der Waals surface area contributed by atoms with Crippen molar-refractivity contribution in [3.8, 4) is 11.5 Å². The van der Waals surface area contributed by atoms with Gasteiger partial charge in [-0.3, -0.25) is 0 Å². The molecule has 0 aliphatic rings. The van der Waals surface area contributed by atoms with E-state index in [4.69, 9.17) is 15.2 Å². The van der Waals surface area contributed by atoms with Gasteiger partial charge in [0.2, 0.25) is 0 Å². The van der Waals surface area contributed by atoms with Crippen LogP contribution in [0.3, 0.4) is 0 Å². The van der Waals surface area contributed by atoms with Crippen LogP contribution in [0.15, 0.2) is 10.5 Å². The molecule has 2 rings (SSSR count). The molecule has 0 spiro atoms. The Labute approximate surface area is 99.1 Å². The molecule has 4 nitrogen and oxygen atoms in total. The van der Waals surface area contributed by atoms with Gasteiger partial charge in [0.15, 0.2) is 5.13 Å². The van der Waals surface area contributed by atoms with Crippen LogP contribution in [-0.4, -0.2) is 19.2 Å². The summed E-state index contributed by atoms with van der Waals surface area (Å²) in [5, 5.41) is 0.511. The number of nitrogen functional groups attached to an aromatic ring is 1. The number of rotatable bonds is 2. The highest BCUT2D eigenvalue weighted by Crippen LogP contribution is 2.42. The first-order chi connectivity index (χ1) is 7.17. The van der Waals surface area contributed by atoms with Crippen molar-refractivity contribution in [2.45, 2.75) is 0 Å². The summed E-state index contributed by atoms with van der Waals surface area (Å²) in [5.74, 6) is 1.38. The molecule has 6 heteroatoms. The minimum Gasteiger partial charge on any atom is -0.495 e. The summed E-state index contributed by atoms with van der Waals surface area (Å²) >= 11 is 4.85. The number of benzene rings is 1. The number of fused-ring (bicyclic) bond motifs is 1. The molecule has 0 aliphatic heterocycles. The van der Waals surface area contributed by atoms with Gasteiger partial charge in [0.1, 0.15) is 17.0 Å². The van der Waals surface area contributed by atoms with Gasteiger partial charge in [-0.1, -0.05) is 11.3 Å². The van der Waals surface area contributed by atoms with E-state index in [9.17, 15) is 0 Å². The van der Waals surface area contributed by atoms with Crippen molar-refractivity contribution in [1.82, 2.24) is 4.98 Å². The molecule has 1 aromatic heterocycles. The number of methoxy groups -OCH3 is 2. The van der Waals surface area contributed by atoms with Crippen LogP contribution in [-0.2, 0) is 0 Å². The second kappa shape index (κ2) is 3.86. The molecular formula is C9H9BrN2O2S. The van der Waals surface area contributed by atoms with E-state index in [1.807, 2.05) is 0 Å². The first-order valence-corrected chi connectivity index (χ1v) is 5.74.